The molecule has 3 aliphatic heterocycles. The van der Waals surface area contributed by atoms with Crippen LogP contribution in [0.3, 0.4) is 0 Å². The molecule has 53 heavy (non-hydrogen) atoms. The van der Waals surface area contributed by atoms with Crippen molar-refractivity contribution in [3.05, 3.63) is 76.9 Å². The number of hydrogen-bond acceptors (Lipinski definition) is 8. The summed E-state index contributed by atoms with van der Waals surface area (Å²) in [5, 5.41) is 22.1. The lowest BCUT2D eigenvalue weighted by atomic mass is 9.65. The lowest BCUT2D eigenvalue weighted by molar-refractivity contribution is 0.0758. The largest absolute Gasteiger partial charge is 0.465 e. The van der Waals surface area contributed by atoms with Crippen LogP contribution in [0.2, 0.25) is 0 Å². The third-order valence-corrected chi connectivity index (χ3v) is 12.4. The van der Waals surface area contributed by atoms with Gasteiger partial charge >= 0.3 is 6.09 Å². The van der Waals surface area contributed by atoms with Crippen LogP contribution in [-0.4, -0.2) is 110 Å². The molecule has 0 bridgehead atoms. The predicted molar refractivity (Wildman–Crippen MR) is 196 cm³/mol. The summed E-state index contributed by atoms with van der Waals surface area (Å²) in [7, 11) is 0. The maximum atomic E-state index is 15.3. The van der Waals surface area contributed by atoms with Crippen molar-refractivity contribution in [2.24, 2.45) is 11.3 Å². The number of carboxylic acid groups (broad SMARTS) is 1. The van der Waals surface area contributed by atoms with Crippen molar-refractivity contribution in [1.29, 1.82) is 0 Å². The predicted octanol–water partition coefficient (Wildman–Crippen LogP) is 5.68. The molecule has 14 heteroatoms. The molecule has 282 valence electrons. The van der Waals surface area contributed by atoms with Gasteiger partial charge in [-0.3, -0.25) is 9.48 Å². The summed E-state index contributed by atoms with van der Waals surface area (Å²) in [4.78, 5) is 36.6. The van der Waals surface area contributed by atoms with Gasteiger partial charge in [0.2, 0.25) is 5.78 Å². The molecule has 8 rings (SSSR count). The van der Waals surface area contributed by atoms with Crippen molar-refractivity contribution < 1.29 is 23.5 Å². The SMILES string of the molecule is O=C(c1c(Cc2ccccc2)nn(C2CCN(CC3CCC4(CCNCC4)CC3)CC2)c1C(F)F)c1cnn2ccc(N3CCN(C(=O)O)CC3)nc12. The van der Waals surface area contributed by atoms with E-state index in [9.17, 15) is 14.7 Å². The third-order valence-electron chi connectivity index (χ3n) is 12.4. The zero-order chi connectivity index (χ0) is 36.5. The van der Waals surface area contributed by atoms with Crippen LogP contribution in [-0.2, 0) is 6.42 Å². The zero-order valence-electron chi connectivity index (χ0n) is 30.2. The highest BCUT2D eigenvalue weighted by Crippen LogP contribution is 2.45. The molecule has 0 atom stereocenters. The highest BCUT2D eigenvalue weighted by molar-refractivity contribution is 6.14. The molecule has 4 aliphatic rings. The summed E-state index contributed by atoms with van der Waals surface area (Å²) in [5.74, 6) is 0.677. The molecule has 2 N–H and O–H groups in total. The number of carbonyl (C=O) groups is 2. The van der Waals surface area contributed by atoms with Crippen molar-refractivity contribution in [3.63, 3.8) is 0 Å². The molecule has 0 unspecified atom stereocenters. The molecular formula is C39H49F2N9O3. The Morgan fingerprint density at radius 2 is 1.64 bits per heavy atom. The maximum absolute atomic E-state index is 15.3. The molecular weight excluding hydrogens is 680 g/mol. The minimum absolute atomic E-state index is 0.0718. The lowest BCUT2D eigenvalue weighted by Crippen LogP contribution is -2.48. The Balaban J connectivity index is 1.04. The number of nitrogens with one attached hydrogen (secondary N) is 1. The number of fused-ring (bicyclic) bond motifs is 1. The normalized spacial score (nSPS) is 20.5. The quantitative estimate of drug-likeness (QED) is 0.210. The van der Waals surface area contributed by atoms with Crippen molar-refractivity contribution in [2.75, 3.05) is 63.8 Å². The van der Waals surface area contributed by atoms with Crippen LogP contribution >= 0.6 is 0 Å². The van der Waals surface area contributed by atoms with Gasteiger partial charge in [-0.2, -0.15) is 10.2 Å². The molecule has 3 saturated heterocycles. The van der Waals surface area contributed by atoms with E-state index in [1.165, 1.54) is 58.8 Å². The van der Waals surface area contributed by atoms with Gasteiger partial charge in [0, 0.05) is 58.4 Å². The van der Waals surface area contributed by atoms with E-state index in [-0.39, 0.29) is 34.9 Å². The molecule has 4 aromatic rings. The van der Waals surface area contributed by atoms with Crippen molar-refractivity contribution in [1.82, 2.24) is 39.5 Å². The first kappa shape index (κ1) is 35.6. The van der Waals surface area contributed by atoms with E-state index in [4.69, 9.17) is 10.1 Å². The van der Waals surface area contributed by atoms with Gasteiger partial charge in [0.25, 0.3) is 6.43 Å². The number of nitrogens with zero attached hydrogens (tertiary/aromatic N) is 8. The van der Waals surface area contributed by atoms with Crippen molar-refractivity contribution >= 4 is 23.3 Å². The van der Waals surface area contributed by atoms with E-state index in [2.05, 4.69) is 15.3 Å². The topological polar surface area (TPSA) is 124 Å². The number of rotatable bonds is 9. The van der Waals surface area contributed by atoms with Gasteiger partial charge in [0.15, 0.2) is 5.65 Å². The number of amides is 1. The molecule has 12 nitrogen and oxygen atoms in total. The lowest BCUT2D eigenvalue weighted by Gasteiger charge is -2.44. The Bertz CT molecular complexity index is 1900. The first-order valence-corrected chi connectivity index (χ1v) is 19.3. The van der Waals surface area contributed by atoms with E-state index in [1.807, 2.05) is 35.2 Å². The Morgan fingerprint density at radius 3 is 2.32 bits per heavy atom. The number of halogens is 2. The van der Waals surface area contributed by atoms with Gasteiger partial charge in [-0.05, 0) is 87.4 Å². The van der Waals surface area contributed by atoms with Crippen LogP contribution in [0, 0.1) is 11.3 Å². The molecule has 4 fully saturated rings. The fourth-order valence-corrected chi connectivity index (χ4v) is 9.24. The second kappa shape index (κ2) is 15.1. The van der Waals surface area contributed by atoms with Crippen LogP contribution in [0.5, 0.6) is 0 Å². The molecule has 1 aliphatic carbocycles. The number of carbonyl (C=O) groups excluding carboxylic acids is 1. The molecule has 6 heterocycles. The Hall–Kier alpha value is -4.43. The zero-order valence-corrected chi connectivity index (χ0v) is 30.2. The summed E-state index contributed by atoms with van der Waals surface area (Å²) >= 11 is 0. The number of hydrogen-bond donors (Lipinski definition) is 2. The summed E-state index contributed by atoms with van der Waals surface area (Å²) < 4.78 is 33.6. The fraction of sp³-hybridized carbons (Fsp3) is 0.564. The van der Waals surface area contributed by atoms with Gasteiger partial charge in [-0.25, -0.2) is 23.1 Å². The summed E-state index contributed by atoms with van der Waals surface area (Å²) in [6.45, 7) is 6.50. The number of benzene rings is 1. The monoisotopic (exact) mass is 729 g/mol. The number of piperidine rings is 2. The van der Waals surface area contributed by atoms with Gasteiger partial charge in [0.1, 0.15) is 11.5 Å². The number of ketones is 1. The molecule has 1 amide bonds. The maximum Gasteiger partial charge on any atom is 0.407 e. The summed E-state index contributed by atoms with van der Waals surface area (Å²) in [6, 6.07) is 11.0. The van der Waals surface area contributed by atoms with Crippen LogP contribution in [0.25, 0.3) is 5.65 Å². The van der Waals surface area contributed by atoms with Gasteiger partial charge in [-0.15, -0.1) is 0 Å². The van der Waals surface area contributed by atoms with E-state index in [0.29, 0.717) is 61.9 Å². The second-order valence-electron chi connectivity index (χ2n) is 15.5. The first-order chi connectivity index (χ1) is 25.8. The van der Waals surface area contributed by atoms with E-state index in [1.54, 1.807) is 12.3 Å². The number of piperazine rings is 1. The minimum atomic E-state index is -2.91. The molecule has 0 radical (unpaired) electrons. The van der Waals surface area contributed by atoms with Crippen LogP contribution < -0.4 is 10.2 Å². The third kappa shape index (κ3) is 7.40. The highest BCUT2D eigenvalue weighted by Gasteiger charge is 2.38. The second-order valence-corrected chi connectivity index (χ2v) is 15.5. The van der Waals surface area contributed by atoms with Gasteiger partial charge in [-0.1, -0.05) is 30.3 Å². The Kier molecular flexibility index (Phi) is 10.2. The van der Waals surface area contributed by atoms with Gasteiger partial charge < -0.3 is 25.1 Å². The van der Waals surface area contributed by atoms with Crippen molar-refractivity contribution in [2.45, 2.75) is 70.3 Å². The standard InChI is InChI=1S/C39H49F2N9O3/c40-36(41)34-33(35(51)30-25-43-49-19-10-32(44-37(30)49)47-20-22-48(23-21-47)38(52)53)31(24-27-4-2-1-3-5-27)45-50(34)29-8-17-46(18-9-29)26-28-6-11-39(12-7-28)13-15-42-16-14-39/h1-5,10,19,25,28-29,36,42H,6-9,11-18,20-24,26H2,(H,52,53). The highest BCUT2D eigenvalue weighted by atomic mass is 19.3. The Labute approximate surface area is 308 Å². The molecule has 1 spiro atoms. The average Bonchev–Trinajstić information content (AvgIpc) is 3.78. The number of anilines is 1. The van der Waals surface area contributed by atoms with Crippen LogP contribution in [0.4, 0.5) is 19.4 Å². The van der Waals surface area contributed by atoms with E-state index >= 15 is 8.78 Å². The van der Waals surface area contributed by atoms with Crippen LogP contribution in [0.1, 0.15) is 96.7 Å². The van der Waals surface area contributed by atoms with Crippen molar-refractivity contribution in [3.8, 4) is 0 Å². The van der Waals surface area contributed by atoms with Crippen LogP contribution in [0.15, 0.2) is 48.8 Å². The minimum Gasteiger partial charge on any atom is -0.465 e. The van der Waals surface area contributed by atoms with E-state index in [0.717, 1.165) is 38.3 Å². The van der Waals surface area contributed by atoms with Gasteiger partial charge in [0.05, 0.1) is 29.1 Å². The average molecular weight is 730 g/mol. The number of alkyl halides is 2. The van der Waals surface area contributed by atoms with E-state index < -0.39 is 18.3 Å². The fourth-order valence-electron chi connectivity index (χ4n) is 9.24. The summed E-state index contributed by atoms with van der Waals surface area (Å²) in [6.07, 6.45) is 8.58. The first-order valence-electron chi connectivity index (χ1n) is 19.3. The number of likely N-dealkylation sites (tertiary alicyclic amines) is 1. The molecule has 3 aromatic heterocycles. The molecule has 1 aromatic carbocycles. The summed E-state index contributed by atoms with van der Waals surface area (Å²) in [5.41, 5.74) is 1.72. The molecule has 1 saturated carbocycles. The number of aromatic nitrogens is 5. The smallest absolute Gasteiger partial charge is 0.407 e. The Morgan fingerprint density at radius 1 is 0.925 bits per heavy atom.